The second-order valence-electron chi connectivity index (χ2n) is 9.02. The van der Waals surface area contributed by atoms with Gasteiger partial charge in [-0.3, -0.25) is 0 Å². The molecule has 2 aromatic rings. The number of hydrogen-bond donors (Lipinski definition) is 1. The molecule has 4 nitrogen and oxygen atoms in total. The van der Waals surface area contributed by atoms with Crippen molar-refractivity contribution in [3.8, 4) is 0 Å². The van der Waals surface area contributed by atoms with Gasteiger partial charge < -0.3 is 0 Å². The minimum atomic E-state index is -2.54. The molecule has 158 valence electrons. The van der Waals surface area contributed by atoms with Gasteiger partial charge in [0.2, 0.25) is 0 Å². The first-order valence-electron chi connectivity index (χ1n) is 11.6. The first-order valence-corrected chi connectivity index (χ1v) is 19.1. The van der Waals surface area contributed by atoms with Gasteiger partial charge in [0, 0.05) is 0 Å². The summed E-state index contributed by atoms with van der Waals surface area (Å²) in [5.41, 5.74) is 5.94. The van der Waals surface area contributed by atoms with Gasteiger partial charge in [0.1, 0.15) is 0 Å². The number of aromatic nitrogens is 2. The molecule has 2 N–H and O–H groups in total. The average Bonchev–Trinajstić information content (AvgIpc) is 3.55. The third-order valence-electron chi connectivity index (χ3n) is 6.89. The second-order valence-corrected chi connectivity index (χ2v) is 22.1. The van der Waals surface area contributed by atoms with Crippen LogP contribution in [0.5, 0.6) is 0 Å². The fourth-order valence-corrected chi connectivity index (χ4v) is 20.1. The summed E-state index contributed by atoms with van der Waals surface area (Å²) in [6.07, 6.45) is 13.4. The van der Waals surface area contributed by atoms with E-state index in [9.17, 15) is 4.79 Å². The zero-order valence-electron chi connectivity index (χ0n) is 18.5. The summed E-state index contributed by atoms with van der Waals surface area (Å²) >= 11 is -2.54. The molecule has 2 heterocycles. The molecule has 1 saturated carbocycles. The molecule has 5 heteroatoms. The Kier molecular flexibility index (Phi) is 7.57. The van der Waals surface area contributed by atoms with Crippen molar-refractivity contribution in [2.75, 3.05) is 0 Å². The number of nitrogens with two attached hydrogens (primary N) is 1. The van der Waals surface area contributed by atoms with Gasteiger partial charge in [-0.05, 0) is 0 Å². The summed E-state index contributed by atoms with van der Waals surface area (Å²) < 4.78 is 5.69. The quantitative estimate of drug-likeness (QED) is 0.406. The maximum absolute atomic E-state index is 11.9. The van der Waals surface area contributed by atoms with Gasteiger partial charge in [0.15, 0.2) is 0 Å². The first kappa shape index (κ1) is 22.5. The van der Waals surface area contributed by atoms with Crippen LogP contribution in [-0.4, -0.2) is 34.3 Å². The minimum absolute atomic E-state index is 0.247. The third kappa shape index (κ3) is 4.78. The Labute approximate surface area is 180 Å². The summed E-state index contributed by atoms with van der Waals surface area (Å²) in [6, 6.07) is 4.40. The van der Waals surface area contributed by atoms with Crippen LogP contribution in [0.4, 0.5) is 0 Å². The number of primary amides is 1. The van der Waals surface area contributed by atoms with Crippen LogP contribution < -0.4 is 9.44 Å². The zero-order chi connectivity index (χ0) is 20.9. The number of pyridine rings is 2. The Morgan fingerprint density at radius 2 is 1.45 bits per heavy atom. The molecule has 0 aromatic carbocycles. The Bertz CT molecular complexity index is 825. The van der Waals surface area contributed by atoms with Gasteiger partial charge in [-0.2, -0.15) is 0 Å². The Hall–Kier alpha value is -1.17. The fourth-order valence-electron chi connectivity index (χ4n) is 4.65. The zero-order valence-corrected chi connectivity index (χ0v) is 21.3. The van der Waals surface area contributed by atoms with Crippen LogP contribution in [0.2, 0.25) is 13.3 Å². The summed E-state index contributed by atoms with van der Waals surface area (Å²) in [4.78, 5) is 21.6. The standard InChI is InChI=1S/C12H10N3O.3C4H9.Sn/c13-11(16)12(2-3-12)10-5-9-6-14-4-1-8(9)7-15-10;3*1-3-4-2;/h1,5-7H,2-3H2,(H2,13,16);3*1,3-4H2,2H3;. The van der Waals surface area contributed by atoms with E-state index >= 15 is 0 Å². The third-order valence-corrected chi connectivity index (χ3v) is 22.0. The molecule has 1 amide bonds. The van der Waals surface area contributed by atoms with Gasteiger partial charge in [-0.1, -0.05) is 0 Å². The molecule has 29 heavy (non-hydrogen) atoms. The molecule has 3 rings (SSSR count). The Morgan fingerprint density at radius 1 is 0.931 bits per heavy atom. The van der Waals surface area contributed by atoms with Crippen molar-refractivity contribution in [3.63, 3.8) is 0 Å². The number of carbonyl (C=O) groups excluding carboxylic acids is 1. The van der Waals surface area contributed by atoms with E-state index < -0.39 is 23.8 Å². The predicted octanol–water partition coefficient (Wildman–Crippen LogP) is 5.20. The SMILES string of the molecule is CCC[CH2][Sn]([CH2]CCC)([CH2]CCC)[c]1cc2cnc(C3(C(N)=O)CC3)cc2cn1. The van der Waals surface area contributed by atoms with E-state index in [2.05, 4.69) is 31.8 Å². The van der Waals surface area contributed by atoms with Gasteiger partial charge >= 0.3 is 180 Å². The fraction of sp³-hybridized carbons (Fsp3) is 0.625. The Morgan fingerprint density at radius 3 is 1.93 bits per heavy atom. The molecule has 0 aliphatic heterocycles. The molecule has 0 radical (unpaired) electrons. The van der Waals surface area contributed by atoms with Crippen molar-refractivity contribution >= 4 is 38.8 Å². The predicted molar refractivity (Wildman–Crippen MR) is 124 cm³/mol. The number of amides is 1. The van der Waals surface area contributed by atoms with E-state index in [1.165, 1.54) is 60.9 Å². The number of hydrogen-bond acceptors (Lipinski definition) is 3. The molecule has 0 bridgehead atoms. The van der Waals surface area contributed by atoms with Crippen molar-refractivity contribution in [1.82, 2.24) is 9.97 Å². The normalized spacial score (nSPS) is 15.6. The molecule has 0 saturated heterocycles. The van der Waals surface area contributed by atoms with Gasteiger partial charge in [-0.15, -0.1) is 0 Å². The van der Waals surface area contributed by atoms with Crippen LogP contribution in [0.3, 0.4) is 0 Å². The van der Waals surface area contributed by atoms with Crippen LogP contribution in [-0.2, 0) is 10.2 Å². The summed E-state index contributed by atoms with van der Waals surface area (Å²) in [5, 5.41) is 2.26. The van der Waals surface area contributed by atoms with Crippen LogP contribution in [0.15, 0.2) is 24.5 Å². The van der Waals surface area contributed by atoms with E-state index in [-0.39, 0.29) is 5.91 Å². The summed E-state index contributed by atoms with van der Waals surface area (Å²) in [7, 11) is 0. The van der Waals surface area contributed by atoms with Crippen molar-refractivity contribution in [1.29, 1.82) is 0 Å². The van der Waals surface area contributed by atoms with Crippen LogP contribution in [0.25, 0.3) is 10.8 Å². The average molecular weight is 502 g/mol. The van der Waals surface area contributed by atoms with E-state index in [1.807, 2.05) is 18.5 Å². The first-order chi connectivity index (χ1) is 14.0. The van der Waals surface area contributed by atoms with Crippen LogP contribution in [0, 0.1) is 0 Å². The van der Waals surface area contributed by atoms with E-state index in [1.54, 1.807) is 0 Å². The van der Waals surface area contributed by atoms with Crippen molar-refractivity contribution in [2.24, 2.45) is 5.73 Å². The molecule has 0 unspecified atom stereocenters. The van der Waals surface area contributed by atoms with Crippen molar-refractivity contribution in [2.45, 2.75) is 90.9 Å². The number of unbranched alkanes of at least 4 members (excludes halogenated alkanes) is 3. The molecular formula is C24H37N3OSn. The molecule has 0 atom stereocenters. The van der Waals surface area contributed by atoms with E-state index in [0.29, 0.717) is 0 Å². The Balaban J connectivity index is 1.98. The van der Waals surface area contributed by atoms with Crippen LogP contribution >= 0.6 is 0 Å². The van der Waals surface area contributed by atoms with Gasteiger partial charge in [0.25, 0.3) is 0 Å². The topological polar surface area (TPSA) is 68.9 Å². The molecule has 1 fully saturated rings. The number of fused-ring (bicyclic) bond motifs is 1. The monoisotopic (exact) mass is 503 g/mol. The molecule has 2 aromatic heterocycles. The number of nitrogens with zero attached hydrogens (tertiary/aromatic N) is 2. The van der Waals surface area contributed by atoms with Gasteiger partial charge in [-0.25, -0.2) is 0 Å². The maximum atomic E-state index is 11.9. The van der Waals surface area contributed by atoms with Crippen LogP contribution in [0.1, 0.15) is 77.8 Å². The second kappa shape index (κ2) is 9.76. The van der Waals surface area contributed by atoms with E-state index in [4.69, 9.17) is 10.7 Å². The summed E-state index contributed by atoms with van der Waals surface area (Å²) in [5.74, 6) is -0.247. The molecule has 0 spiro atoms. The van der Waals surface area contributed by atoms with Crippen molar-refractivity contribution < 1.29 is 4.79 Å². The summed E-state index contributed by atoms with van der Waals surface area (Å²) in [6.45, 7) is 6.92. The molecule has 1 aliphatic rings. The van der Waals surface area contributed by atoms with Crippen molar-refractivity contribution in [3.05, 3.63) is 30.2 Å². The van der Waals surface area contributed by atoms with E-state index in [0.717, 1.165) is 23.9 Å². The number of rotatable bonds is 12. The number of carbonyl (C=O) groups is 1. The molecule has 1 aliphatic carbocycles. The molecular weight excluding hydrogens is 465 g/mol. The van der Waals surface area contributed by atoms with Gasteiger partial charge in [0.05, 0.1) is 0 Å².